The number of urea groups is 1. The van der Waals surface area contributed by atoms with Crippen molar-refractivity contribution >= 4 is 23.6 Å². The van der Waals surface area contributed by atoms with Crippen LogP contribution >= 0.6 is 11.6 Å². The predicted octanol–water partition coefficient (Wildman–Crippen LogP) is 3.11. The number of nitrogens with one attached hydrogen (secondary N) is 2. The molecule has 1 aliphatic heterocycles. The Morgan fingerprint density at radius 2 is 1.72 bits per heavy atom. The fraction of sp³-hybridized carbons (Fsp3) is 0.556. The van der Waals surface area contributed by atoms with E-state index in [0.29, 0.717) is 37.3 Å². The summed E-state index contributed by atoms with van der Waals surface area (Å²) in [6, 6.07) is 7.19. The number of carbonyl (C=O) groups excluding carboxylic acids is 1. The number of halogens is 1. The van der Waals surface area contributed by atoms with Crippen molar-refractivity contribution in [1.82, 2.24) is 10.6 Å². The normalized spacial score (nSPS) is 29.2. The van der Waals surface area contributed by atoms with E-state index in [0.717, 1.165) is 12.0 Å². The highest BCUT2D eigenvalue weighted by molar-refractivity contribution is 6.30. The number of aliphatic carboxylic acids is 1. The van der Waals surface area contributed by atoms with Gasteiger partial charge in [0, 0.05) is 17.7 Å². The molecule has 1 saturated carbocycles. The molecule has 1 heterocycles. The quantitative estimate of drug-likeness (QED) is 0.764. The van der Waals surface area contributed by atoms with Gasteiger partial charge >= 0.3 is 12.0 Å². The smallest absolute Gasteiger partial charge is 0.315 e. The number of hydrogen-bond acceptors (Lipinski definition) is 3. The maximum Gasteiger partial charge on any atom is 0.315 e. The Kier molecular flexibility index (Phi) is 5.81. The molecule has 1 aromatic carbocycles. The van der Waals surface area contributed by atoms with E-state index in [9.17, 15) is 9.59 Å². The van der Waals surface area contributed by atoms with E-state index in [1.807, 2.05) is 24.3 Å². The van der Waals surface area contributed by atoms with E-state index in [1.54, 1.807) is 0 Å². The van der Waals surface area contributed by atoms with Gasteiger partial charge in [-0.25, -0.2) is 4.79 Å². The summed E-state index contributed by atoms with van der Waals surface area (Å²) in [5, 5.41) is 15.7. The first-order valence-electron chi connectivity index (χ1n) is 8.70. The summed E-state index contributed by atoms with van der Waals surface area (Å²) in [6.07, 6.45) is 3.20. The van der Waals surface area contributed by atoms with E-state index >= 15 is 0 Å². The number of ether oxygens (including phenoxy) is 1. The van der Waals surface area contributed by atoms with Crippen LogP contribution in [0, 0.1) is 5.92 Å². The van der Waals surface area contributed by atoms with Crippen molar-refractivity contribution in [1.29, 1.82) is 0 Å². The highest BCUT2D eigenvalue weighted by Crippen LogP contribution is 2.30. The molecule has 0 spiro atoms. The molecular weight excluding hydrogens is 344 g/mol. The van der Waals surface area contributed by atoms with Crippen LogP contribution < -0.4 is 10.6 Å². The zero-order valence-corrected chi connectivity index (χ0v) is 14.7. The van der Waals surface area contributed by atoms with Gasteiger partial charge in [-0.1, -0.05) is 23.7 Å². The van der Waals surface area contributed by atoms with Crippen LogP contribution in [0.2, 0.25) is 5.02 Å². The summed E-state index contributed by atoms with van der Waals surface area (Å²) in [6.45, 7) is 0.599. The zero-order valence-electron chi connectivity index (χ0n) is 13.9. The molecule has 2 atom stereocenters. The van der Waals surface area contributed by atoms with Gasteiger partial charge in [0.25, 0.3) is 0 Å². The van der Waals surface area contributed by atoms with Gasteiger partial charge in [0.2, 0.25) is 0 Å². The summed E-state index contributed by atoms with van der Waals surface area (Å²) >= 11 is 5.92. The number of carboxylic acids is 1. The molecular formula is C18H23ClN2O4. The molecule has 3 rings (SSSR count). The lowest BCUT2D eigenvalue weighted by Crippen LogP contribution is -2.48. The fourth-order valence-corrected chi connectivity index (χ4v) is 3.72. The molecule has 3 N–H and O–H groups in total. The van der Waals surface area contributed by atoms with Crippen LogP contribution in [0.3, 0.4) is 0 Å². The number of carbonyl (C=O) groups is 2. The minimum absolute atomic E-state index is 0.0342. The predicted molar refractivity (Wildman–Crippen MR) is 93.6 cm³/mol. The van der Waals surface area contributed by atoms with E-state index < -0.39 is 5.97 Å². The molecule has 2 amide bonds. The minimum Gasteiger partial charge on any atom is -0.481 e. The molecule has 1 saturated heterocycles. The number of amides is 2. The molecule has 2 aliphatic rings. The van der Waals surface area contributed by atoms with Gasteiger partial charge in [0.05, 0.1) is 12.0 Å². The Hall–Kier alpha value is -1.79. The SMILES string of the molecule is O=C(NC1CCC(C(=O)O)CC1)NC1CCOC1c1ccc(Cl)cc1. The molecule has 0 bridgehead atoms. The van der Waals surface area contributed by atoms with E-state index in [1.165, 1.54) is 0 Å². The van der Waals surface area contributed by atoms with Gasteiger partial charge in [-0.05, 0) is 49.8 Å². The highest BCUT2D eigenvalue weighted by atomic mass is 35.5. The largest absolute Gasteiger partial charge is 0.481 e. The number of hydrogen-bond donors (Lipinski definition) is 3. The molecule has 6 nitrogen and oxygen atoms in total. The molecule has 1 aromatic rings. The van der Waals surface area contributed by atoms with Gasteiger partial charge in [-0.2, -0.15) is 0 Å². The third-order valence-electron chi connectivity index (χ3n) is 5.02. The molecule has 0 radical (unpaired) electrons. The first kappa shape index (κ1) is 18.0. The lowest BCUT2D eigenvalue weighted by Gasteiger charge is -2.28. The standard InChI is InChI=1S/C18H23ClN2O4/c19-13-5-1-11(2-6-13)16-15(9-10-25-16)21-18(24)20-14-7-3-12(4-8-14)17(22)23/h1-2,5-6,12,14-16H,3-4,7-10H2,(H,22,23)(H2,20,21,24). The number of rotatable bonds is 4. The van der Waals surface area contributed by atoms with Crippen molar-refractivity contribution < 1.29 is 19.4 Å². The summed E-state index contributed by atoms with van der Waals surface area (Å²) < 4.78 is 5.77. The van der Waals surface area contributed by atoms with Gasteiger partial charge in [0.1, 0.15) is 6.10 Å². The summed E-state index contributed by atoms with van der Waals surface area (Å²) in [4.78, 5) is 23.3. The van der Waals surface area contributed by atoms with Gasteiger partial charge < -0.3 is 20.5 Å². The second kappa shape index (κ2) is 8.06. The molecule has 25 heavy (non-hydrogen) atoms. The van der Waals surface area contributed by atoms with Crippen molar-refractivity contribution in [3.05, 3.63) is 34.9 Å². The summed E-state index contributed by atoms with van der Waals surface area (Å²) in [5.41, 5.74) is 0.995. The molecule has 0 aromatic heterocycles. The number of carboxylic acid groups (broad SMARTS) is 1. The maximum absolute atomic E-state index is 12.3. The topological polar surface area (TPSA) is 87.7 Å². The van der Waals surface area contributed by atoms with Crippen LogP contribution in [-0.4, -0.2) is 35.8 Å². The second-order valence-corrected chi connectivity index (χ2v) is 7.18. The van der Waals surface area contributed by atoms with Crippen molar-refractivity contribution in [3.8, 4) is 0 Å². The Balaban J connectivity index is 1.50. The first-order valence-corrected chi connectivity index (χ1v) is 9.07. The van der Waals surface area contributed by atoms with Crippen molar-refractivity contribution in [3.63, 3.8) is 0 Å². The van der Waals surface area contributed by atoms with E-state index in [-0.39, 0.29) is 30.1 Å². The van der Waals surface area contributed by atoms with Crippen LogP contribution in [0.25, 0.3) is 0 Å². The number of benzene rings is 1. The van der Waals surface area contributed by atoms with Crippen molar-refractivity contribution in [2.24, 2.45) is 5.92 Å². The molecule has 2 unspecified atom stereocenters. The summed E-state index contributed by atoms with van der Waals surface area (Å²) in [5.74, 6) is -1.02. The first-order chi connectivity index (χ1) is 12.0. The van der Waals surface area contributed by atoms with Crippen LogP contribution in [0.5, 0.6) is 0 Å². The third-order valence-corrected chi connectivity index (χ3v) is 5.27. The highest BCUT2D eigenvalue weighted by Gasteiger charge is 2.32. The molecule has 2 fully saturated rings. The van der Waals surface area contributed by atoms with Gasteiger partial charge in [-0.15, -0.1) is 0 Å². The lowest BCUT2D eigenvalue weighted by molar-refractivity contribution is -0.142. The van der Waals surface area contributed by atoms with Gasteiger partial charge in [0.15, 0.2) is 0 Å². The average Bonchev–Trinajstić information content (AvgIpc) is 3.04. The van der Waals surface area contributed by atoms with Gasteiger partial charge in [-0.3, -0.25) is 4.79 Å². The van der Waals surface area contributed by atoms with Crippen LogP contribution in [0.1, 0.15) is 43.8 Å². The van der Waals surface area contributed by atoms with Crippen LogP contribution in [-0.2, 0) is 9.53 Å². The van der Waals surface area contributed by atoms with Crippen LogP contribution in [0.15, 0.2) is 24.3 Å². The van der Waals surface area contributed by atoms with Crippen molar-refractivity contribution in [2.45, 2.75) is 50.3 Å². The van der Waals surface area contributed by atoms with Crippen molar-refractivity contribution in [2.75, 3.05) is 6.61 Å². The average molecular weight is 367 g/mol. The molecule has 136 valence electrons. The molecule has 1 aliphatic carbocycles. The minimum atomic E-state index is -0.739. The lowest BCUT2D eigenvalue weighted by atomic mass is 9.86. The Bertz CT molecular complexity index is 614. The van der Waals surface area contributed by atoms with E-state index in [2.05, 4.69) is 10.6 Å². The zero-order chi connectivity index (χ0) is 17.8. The Morgan fingerprint density at radius 1 is 1.04 bits per heavy atom. The fourth-order valence-electron chi connectivity index (χ4n) is 3.60. The maximum atomic E-state index is 12.3. The Labute approximate surface area is 151 Å². The summed E-state index contributed by atoms with van der Waals surface area (Å²) in [7, 11) is 0. The van der Waals surface area contributed by atoms with E-state index in [4.69, 9.17) is 21.4 Å². The second-order valence-electron chi connectivity index (χ2n) is 6.74. The monoisotopic (exact) mass is 366 g/mol. The third kappa shape index (κ3) is 4.64. The molecule has 7 heteroatoms. The Morgan fingerprint density at radius 3 is 2.36 bits per heavy atom. The van der Waals surface area contributed by atoms with Crippen LogP contribution in [0.4, 0.5) is 4.79 Å².